The van der Waals surface area contributed by atoms with Gasteiger partial charge in [-0.1, -0.05) is 44.0 Å². The van der Waals surface area contributed by atoms with Crippen LogP contribution >= 0.6 is 11.6 Å². The van der Waals surface area contributed by atoms with Crippen LogP contribution in [0.3, 0.4) is 0 Å². The van der Waals surface area contributed by atoms with Crippen molar-refractivity contribution in [2.45, 2.75) is 64.8 Å². The van der Waals surface area contributed by atoms with Gasteiger partial charge in [0.15, 0.2) is 0 Å². The Balaban J connectivity index is 1.48. The third kappa shape index (κ3) is 3.25. The Hall–Kier alpha value is -1.81. The van der Waals surface area contributed by atoms with Crippen LogP contribution in [0.2, 0.25) is 5.02 Å². The minimum Gasteiger partial charge on any atom is -0.338 e. The van der Waals surface area contributed by atoms with Crippen LogP contribution in [0.25, 0.3) is 0 Å². The van der Waals surface area contributed by atoms with Gasteiger partial charge >= 0.3 is 0 Å². The molecule has 1 aromatic rings. The molecule has 3 aliphatic carbocycles. The Morgan fingerprint density at radius 1 is 1.13 bits per heavy atom. The normalized spacial score (nSPS) is 39.3. The van der Waals surface area contributed by atoms with Gasteiger partial charge in [-0.05, 0) is 79.9 Å². The quantitative estimate of drug-likeness (QED) is 0.601. The maximum absolute atomic E-state index is 13.2. The van der Waals surface area contributed by atoms with Crippen molar-refractivity contribution >= 4 is 29.1 Å². The van der Waals surface area contributed by atoms with Crippen molar-refractivity contribution in [1.29, 1.82) is 0 Å². The van der Waals surface area contributed by atoms with E-state index in [1.165, 1.54) is 38.5 Å². The lowest BCUT2D eigenvalue weighted by Gasteiger charge is -2.60. The van der Waals surface area contributed by atoms with Gasteiger partial charge < -0.3 is 10.2 Å². The zero-order valence-electron chi connectivity index (χ0n) is 18.8. The van der Waals surface area contributed by atoms with Crippen molar-refractivity contribution < 1.29 is 9.59 Å². The summed E-state index contributed by atoms with van der Waals surface area (Å²) in [4.78, 5) is 28.2. The van der Waals surface area contributed by atoms with E-state index in [1.54, 1.807) is 24.3 Å². The number of nitrogens with zero attached hydrogens (tertiary/aromatic N) is 1. The molecule has 0 radical (unpaired) electrons. The first-order valence-corrected chi connectivity index (χ1v) is 12.2. The van der Waals surface area contributed by atoms with Gasteiger partial charge in [-0.15, -0.1) is 0 Å². The highest BCUT2D eigenvalue weighted by atomic mass is 35.5. The number of rotatable bonds is 2. The summed E-state index contributed by atoms with van der Waals surface area (Å²) < 4.78 is 0. The van der Waals surface area contributed by atoms with E-state index in [0.717, 1.165) is 12.3 Å². The molecule has 0 bridgehead atoms. The Bertz CT molecular complexity index is 958. The maximum atomic E-state index is 13.2. The van der Waals surface area contributed by atoms with Gasteiger partial charge in [0.1, 0.15) is 5.57 Å². The largest absolute Gasteiger partial charge is 0.338 e. The summed E-state index contributed by atoms with van der Waals surface area (Å²) in [6.07, 6.45) is 10.8. The minimum atomic E-state index is -0.331. The second kappa shape index (κ2) is 7.37. The van der Waals surface area contributed by atoms with Crippen molar-refractivity contribution in [3.63, 3.8) is 0 Å². The molecular formula is C26H33ClN2O2. The number of anilines is 1. The van der Waals surface area contributed by atoms with Gasteiger partial charge in [-0.25, -0.2) is 0 Å². The van der Waals surface area contributed by atoms with Gasteiger partial charge in [0.2, 0.25) is 0 Å². The molecule has 2 amide bonds. The predicted octanol–water partition coefficient (Wildman–Crippen LogP) is 5.68. The first-order chi connectivity index (χ1) is 14.7. The van der Waals surface area contributed by atoms with Crippen molar-refractivity contribution in [3.8, 4) is 0 Å². The number of fused-ring (bicyclic) bond motifs is 5. The Kier molecular flexibility index (Phi) is 5.00. The molecule has 6 atom stereocenters. The summed E-state index contributed by atoms with van der Waals surface area (Å²) >= 11 is 6.07. The first kappa shape index (κ1) is 21.1. The van der Waals surface area contributed by atoms with E-state index in [1.807, 2.05) is 18.0 Å². The standard InChI is InChI=1S/C26H33ClN2O2/c1-25-12-5-8-20(25)18-9-10-22-26(2,21(18)11-13-25)15-19(24(31)29(22)3)23(30)28-17-7-4-6-16(27)14-17/h4,6-7,14-15,18,20-22H,5,8-13H2,1-3H3,(H,28,30)/t18-,20-,21+,22?,25-,26+/m0/s1. The summed E-state index contributed by atoms with van der Waals surface area (Å²) in [7, 11) is 1.88. The number of benzene rings is 1. The number of halogens is 1. The third-order valence-corrected chi connectivity index (χ3v) is 9.54. The average molecular weight is 441 g/mol. The number of nitrogens with one attached hydrogen (secondary N) is 1. The Morgan fingerprint density at radius 3 is 2.71 bits per heavy atom. The van der Waals surface area contributed by atoms with Crippen molar-refractivity contribution in [2.24, 2.45) is 28.6 Å². The van der Waals surface area contributed by atoms with Crippen LogP contribution in [-0.4, -0.2) is 29.8 Å². The fraction of sp³-hybridized carbons (Fsp3) is 0.615. The lowest BCUT2D eigenvalue weighted by Crippen LogP contribution is -2.60. The van der Waals surface area contributed by atoms with E-state index >= 15 is 0 Å². The zero-order chi connectivity index (χ0) is 22.0. The molecule has 166 valence electrons. The van der Waals surface area contributed by atoms with E-state index in [4.69, 9.17) is 11.6 Å². The van der Waals surface area contributed by atoms with Crippen molar-refractivity contribution in [3.05, 3.63) is 40.9 Å². The minimum absolute atomic E-state index is 0.156. The molecular weight excluding hydrogens is 408 g/mol. The monoisotopic (exact) mass is 440 g/mol. The number of carbonyl (C=O) groups excluding carboxylic acids is 2. The molecule has 1 aliphatic heterocycles. The van der Waals surface area contributed by atoms with E-state index in [2.05, 4.69) is 19.2 Å². The molecule has 5 heteroatoms. The highest BCUT2D eigenvalue weighted by Crippen LogP contribution is 2.64. The summed E-state index contributed by atoms with van der Waals surface area (Å²) in [5.74, 6) is 1.54. The molecule has 0 spiro atoms. The fourth-order valence-electron chi connectivity index (χ4n) is 7.81. The second-order valence-electron chi connectivity index (χ2n) is 10.9. The lowest BCUT2D eigenvalue weighted by atomic mass is 9.48. The molecule has 5 rings (SSSR count). The maximum Gasteiger partial charge on any atom is 0.260 e. The summed E-state index contributed by atoms with van der Waals surface area (Å²) in [6, 6.07) is 7.24. The average Bonchev–Trinajstić information content (AvgIpc) is 3.12. The van der Waals surface area contributed by atoms with Crippen LogP contribution in [0, 0.1) is 28.6 Å². The van der Waals surface area contributed by atoms with Gasteiger partial charge in [0, 0.05) is 29.2 Å². The topological polar surface area (TPSA) is 49.4 Å². The molecule has 0 aromatic heterocycles. The lowest BCUT2D eigenvalue weighted by molar-refractivity contribution is -0.141. The molecule has 3 saturated carbocycles. The van der Waals surface area contributed by atoms with E-state index in [9.17, 15) is 9.59 Å². The number of likely N-dealkylation sites (N-methyl/N-ethyl adjacent to an activating group) is 1. The van der Waals surface area contributed by atoms with Gasteiger partial charge in [-0.3, -0.25) is 9.59 Å². The van der Waals surface area contributed by atoms with Crippen molar-refractivity contribution in [2.75, 3.05) is 12.4 Å². The Morgan fingerprint density at radius 2 is 1.94 bits per heavy atom. The summed E-state index contributed by atoms with van der Waals surface area (Å²) in [6.45, 7) is 4.81. The SMILES string of the molecule is CN1C(=O)C(C(=O)Nc2cccc(Cl)c2)=C[C@@]2(C)C1CC[C@@H]1[C@H]2CC[C@]2(C)CCC[C@@H]12. The molecule has 4 nitrogen and oxygen atoms in total. The molecule has 31 heavy (non-hydrogen) atoms. The zero-order valence-corrected chi connectivity index (χ0v) is 19.5. The predicted molar refractivity (Wildman–Crippen MR) is 124 cm³/mol. The molecule has 3 fully saturated rings. The number of hydrogen-bond donors (Lipinski definition) is 1. The van der Waals surface area contributed by atoms with Crippen LogP contribution in [0.15, 0.2) is 35.9 Å². The number of hydrogen-bond acceptors (Lipinski definition) is 2. The van der Waals surface area contributed by atoms with Gasteiger partial charge in [0.25, 0.3) is 11.8 Å². The highest BCUT2D eigenvalue weighted by Gasteiger charge is 2.59. The molecule has 4 aliphatic rings. The molecule has 1 unspecified atom stereocenters. The number of amides is 2. The van der Waals surface area contributed by atoms with Gasteiger partial charge in [-0.2, -0.15) is 0 Å². The molecule has 1 N–H and O–H groups in total. The fourth-order valence-corrected chi connectivity index (χ4v) is 8.00. The molecule has 1 aromatic carbocycles. The summed E-state index contributed by atoms with van der Waals surface area (Å²) in [5, 5.41) is 3.45. The summed E-state index contributed by atoms with van der Waals surface area (Å²) in [5.41, 5.74) is 1.23. The highest BCUT2D eigenvalue weighted by molar-refractivity contribution is 6.31. The number of carbonyl (C=O) groups is 2. The van der Waals surface area contributed by atoms with E-state index in [0.29, 0.717) is 28.0 Å². The van der Waals surface area contributed by atoms with Crippen LogP contribution in [0.4, 0.5) is 5.69 Å². The van der Waals surface area contributed by atoms with Crippen LogP contribution in [-0.2, 0) is 9.59 Å². The third-order valence-electron chi connectivity index (χ3n) is 9.31. The van der Waals surface area contributed by atoms with Crippen LogP contribution in [0.5, 0.6) is 0 Å². The Labute approximate surface area is 190 Å². The van der Waals surface area contributed by atoms with Crippen LogP contribution in [0.1, 0.15) is 58.8 Å². The first-order valence-electron chi connectivity index (χ1n) is 11.8. The molecule has 0 saturated heterocycles. The smallest absolute Gasteiger partial charge is 0.260 e. The van der Waals surface area contributed by atoms with Gasteiger partial charge in [0.05, 0.1) is 0 Å². The second-order valence-corrected chi connectivity index (χ2v) is 11.3. The molecule has 1 heterocycles. The van der Waals surface area contributed by atoms with E-state index < -0.39 is 0 Å². The van der Waals surface area contributed by atoms with Crippen molar-refractivity contribution in [1.82, 2.24) is 4.90 Å². The van der Waals surface area contributed by atoms with Crippen LogP contribution < -0.4 is 5.32 Å². The van der Waals surface area contributed by atoms with E-state index in [-0.39, 0.29) is 28.8 Å².